The van der Waals surface area contributed by atoms with Crippen LogP contribution >= 0.6 is 0 Å². The molecule has 94 valence electrons. The van der Waals surface area contributed by atoms with Crippen molar-refractivity contribution in [3.63, 3.8) is 0 Å². The molecule has 0 bridgehead atoms. The number of carbonyl (C=O) groups is 1. The number of hydrogen-bond donors (Lipinski definition) is 2. The van der Waals surface area contributed by atoms with Crippen molar-refractivity contribution < 1.29 is 4.79 Å². The van der Waals surface area contributed by atoms with Crippen molar-refractivity contribution in [2.75, 3.05) is 11.9 Å². The largest absolute Gasteiger partial charge is 0.338 e. The Morgan fingerprint density at radius 1 is 1.18 bits per heavy atom. The Hall–Kier alpha value is -1.51. The molecule has 0 aromatic heterocycles. The van der Waals surface area contributed by atoms with E-state index in [1.165, 1.54) is 5.56 Å². The average Bonchev–Trinajstić information content (AvgIpc) is 2.26. The monoisotopic (exact) mass is 234 g/mol. The van der Waals surface area contributed by atoms with Gasteiger partial charge in [0.15, 0.2) is 0 Å². The van der Waals surface area contributed by atoms with Crippen LogP contribution in [0.1, 0.15) is 39.7 Å². The van der Waals surface area contributed by atoms with Crippen LogP contribution in [0.4, 0.5) is 10.5 Å². The van der Waals surface area contributed by atoms with Gasteiger partial charge in [-0.2, -0.15) is 0 Å². The third-order valence-corrected chi connectivity index (χ3v) is 2.54. The number of urea groups is 1. The molecule has 0 aliphatic rings. The highest BCUT2D eigenvalue weighted by Crippen LogP contribution is 2.23. The molecule has 0 atom stereocenters. The maximum Gasteiger partial charge on any atom is 0.319 e. The van der Waals surface area contributed by atoms with Crippen LogP contribution in [0.5, 0.6) is 0 Å². The molecule has 0 heterocycles. The van der Waals surface area contributed by atoms with E-state index in [2.05, 4.69) is 43.5 Å². The lowest BCUT2D eigenvalue weighted by Crippen LogP contribution is -2.29. The Bertz CT molecular complexity index is 363. The molecule has 3 heteroatoms. The molecule has 0 aliphatic heterocycles. The first kappa shape index (κ1) is 13.6. The van der Waals surface area contributed by atoms with Crippen molar-refractivity contribution in [2.24, 2.45) is 0 Å². The summed E-state index contributed by atoms with van der Waals surface area (Å²) in [6.07, 6.45) is 0.941. The minimum absolute atomic E-state index is 0.142. The van der Waals surface area contributed by atoms with Crippen molar-refractivity contribution >= 4 is 11.7 Å². The Morgan fingerprint density at radius 3 is 2.24 bits per heavy atom. The molecule has 0 unspecified atom stereocenters. The van der Waals surface area contributed by atoms with Crippen LogP contribution < -0.4 is 10.6 Å². The third kappa shape index (κ3) is 4.47. The van der Waals surface area contributed by atoms with Crippen molar-refractivity contribution in [3.8, 4) is 0 Å². The van der Waals surface area contributed by atoms with Gasteiger partial charge in [-0.1, -0.05) is 39.8 Å². The van der Waals surface area contributed by atoms with E-state index in [9.17, 15) is 4.79 Å². The van der Waals surface area contributed by atoms with E-state index in [1.54, 1.807) is 0 Å². The molecule has 0 radical (unpaired) electrons. The van der Waals surface area contributed by atoms with E-state index in [4.69, 9.17) is 0 Å². The number of hydrogen-bond acceptors (Lipinski definition) is 1. The summed E-state index contributed by atoms with van der Waals surface area (Å²) in [4.78, 5) is 11.4. The lowest BCUT2D eigenvalue weighted by atomic mass is 9.87. The standard InChI is InChI=1S/C14H22N2O/c1-5-10-15-13(17)16-12-8-6-11(7-9-12)14(2,3)4/h6-9H,5,10H2,1-4H3,(H2,15,16,17). The van der Waals surface area contributed by atoms with E-state index in [-0.39, 0.29) is 11.4 Å². The van der Waals surface area contributed by atoms with E-state index < -0.39 is 0 Å². The average molecular weight is 234 g/mol. The van der Waals surface area contributed by atoms with Gasteiger partial charge in [-0.15, -0.1) is 0 Å². The van der Waals surface area contributed by atoms with Gasteiger partial charge in [0.2, 0.25) is 0 Å². The van der Waals surface area contributed by atoms with Crippen LogP contribution in [0, 0.1) is 0 Å². The number of nitrogens with one attached hydrogen (secondary N) is 2. The summed E-state index contributed by atoms with van der Waals surface area (Å²) in [5.74, 6) is 0. The number of anilines is 1. The second-order valence-electron chi connectivity index (χ2n) is 5.21. The number of benzene rings is 1. The Morgan fingerprint density at radius 2 is 1.76 bits per heavy atom. The highest BCUT2D eigenvalue weighted by Gasteiger charge is 2.12. The van der Waals surface area contributed by atoms with Gasteiger partial charge in [-0.3, -0.25) is 0 Å². The number of amides is 2. The van der Waals surface area contributed by atoms with Gasteiger partial charge in [0, 0.05) is 12.2 Å². The summed E-state index contributed by atoms with van der Waals surface area (Å²) >= 11 is 0. The molecule has 0 saturated heterocycles. The lowest BCUT2D eigenvalue weighted by Gasteiger charge is -2.19. The zero-order chi connectivity index (χ0) is 12.9. The van der Waals surface area contributed by atoms with E-state index in [0.29, 0.717) is 6.54 Å². The predicted molar refractivity (Wildman–Crippen MR) is 72.5 cm³/mol. The summed E-state index contributed by atoms with van der Waals surface area (Å²) in [5, 5.41) is 5.58. The molecular weight excluding hydrogens is 212 g/mol. The van der Waals surface area contributed by atoms with E-state index in [1.807, 2.05) is 19.1 Å². The van der Waals surface area contributed by atoms with Crippen molar-refractivity contribution in [3.05, 3.63) is 29.8 Å². The smallest absolute Gasteiger partial charge is 0.319 e. The van der Waals surface area contributed by atoms with Gasteiger partial charge in [0.1, 0.15) is 0 Å². The molecule has 0 spiro atoms. The second-order valence-corrected chi connectivity index (χ2v) is 5.21. The Kier molecular flexibility index (Phi) is 4.55. The first-order chi connectivity index (χ1) is 7.93. The van der Waals surface area contributed by atoms with Crippen molar-refractivity contribution in [1.82, 2.24) is 5.32 Å². The molecule has 0 saturated carbocycles. The molecule has 2 amide bonds. The zero-order valence-corrected chi connectivity index (χ0v) is 11.1. The Balaban J connectivity index is 2.60. The first-order valence-corrected chi connectivity index (χ1v) is 6.09. The van der Waals surface area contributed by atoms with Crippen LogP contribution in [-0.2, 0) is 5.41 Å². The SMILES string of the molecule is CCCNC(=O)Nc1ccc(C(C)(C)C)cc1. The number of carbonyl (C=O) groups excluding carboxylic acids is 1. The fourth-order valence-electron chi connectivity index (χ4n) is 1.47. The van der Waals surface area contributed by atoms with Gasteiger partial charge < -0.3 is 10.6 Å². The van der Waals surface area contributed by atoms with Gasteiger partial charge in [0.25, 0.3) is 0 Å². The molecule has 0 fully saturated rings. The molecule has 0 aliphatic carbocycles. The van der Waals surface area contributed by atoms with Crippen LogP contribution in [-0.4, -0.2) is 12.6 Å². The Labute approximate surface area is 104 Å². The third-order valence-electron chi connectivity index (χ3n) is 2.54. The van der Waals surface area contributed by atoms with Crippen molar-refractivity contribution in [2.45, 2.75) is 39.5 Å². The molecular formula is C14H22N2O. The lowest BCUT2D eigenvalue weighted by molar-refractivity contribution is 0.252. The summed E-state index contributed by atoms with van der Waals surface area (Å²) in [6.45, 7) is 9.24. The summed E-state index contributed by atoms with van der Waals surface area (Å²) < 4.78 is 0. The normalized spacial score (nSPS) is 11.1. The minimum atomic E-state index is -0.143. The van der Waals surface area contributed by atoms with Crippen LogP contribution in [0.15, 0.2) is 24.3 Å². The van der Waals surface area contributed by atoms with E-state index in [0.717, 1.165) is 12.1 Å². The molecule has 1 rings (SSSR count). The highest BCUT2D eigenvalue weighted by molar-refractivity contribution is 5.89. The van der Waals surface area contributed by atoms with Gasteiger partial charge in [0.05, 0.1) is 0 Å². The minimum Gasteiger partial charge on any atom is -0.338 e. The van der Waals surface area contributed by atoms with Crippen LogP contribution in [0.3, 0.4) is 0 Å². The molecule has 2 N–H and O–H groups in total. The second kappa shape index (κ2) is 5.71. The van der Waals surface area contributed by atoms with Gasteiger partial charge in [-0.05, 0) is 29.5 Å². The zero-order valence-electron chi connectivity index (χ0n) is 11.1. The molecule has 3 nitrogen and oxygen atoms in total. The fourth-order valence-corrected chi connectivity index (χ4v) is 1.47. The molecule has 1 aromatic rings. The van der Waals surface area contributed by atoms with E-state index >= 15 is 0 Å². The topological polar surface area (TPSA) is 41.1 Å². The maximum absolute atomic E-state index is 11.4. The van der Waals surface area contributed by atoms with Crippen molar-refractivity contribution in [1.29, 1.82) is 0 Å². The van der Waals surface area contributed by atoms with Crippen LogP contribution in [0.25, 0.3) is 0 Å². The van der Waals surface area contributed by atoms with Crippen LogP contribution in [0.2, 0.25) is 0 Å². The summed E-state index contributed by atoms with van der Waals surface area (Å²) in [5.41, 5.74) is 2.23. The number of rotatable bonds is 3. The molecule has 17 heavy (non-hydrogen) atoms. The molecule has 1 aromatic carbocycles. The quantitative estimate of drug-likeness (QED) is 0.825. The maximum atomic E-state index is 11.4. The summed E-state index contributed by atoms with van der Waals surface area (Å²) in [7, 11) is 0. The fraction of sp³-hybridized carbons (Fsp3) is 0.500. The van der Waals surface area contributed by atoms with Gasteiger partial charge in [-0.25, -0.2) is 4.79 Å². The first-order valence-electron chi connectivity index (χ1n) is 6.09. The highest BCUT2D eigenvalue weighted by atomic mass is 16.2. The predicted octanol–water partition coefficient (Wildman–Crippen LogP) is 3.52. The summed E-state index contributed by atoms with van der Waals surface area (Å²) in [6, 6.07) is 7.83. The van der Waals surface area contributed by atoms with Gasteiger partial charge >= 0.3 is 6.03 Å².